The van der Waals surface area contributed by atoms with Gasteiger partial charge in [0, 0.05) is 16.6 Å². The maximum atomic E-state index is 12.0. The monoisotopic (exact) mass is 324 g/mol. The summed E-state index contributed by atoms with van der Waals surface area (Å²) < 4.78 is 22.3. The molecule has 0 unspecified atom stereocenters. The third-order valence-electron chi connectivity index (χ3n) is 2.64. The van der Waals surface area contributed by atoms with Gasteiger partial charge in [0.25, 0.3) is 5.91 Å². The molecule has 0 fully saturated rings. The summed E-state index contributed by atoms with van der Waals surface area (Å²) >= 11 is 0.876. The van der Waals surface area contributed by atoms with Crippen LogP contribution in [0.2, 0.25) is 0 Å². The zero-order valence-corrected chi connectivity index (χ0v) is 12.6. The van der Waals surface area contributed by atoms with Gasteiger partial charge >= 0.3 is 0 Å². The molecule has 0 aliphatic heterocycles. The van der Waals surface area contributed by atoms with Crippen molar-refractivity contribution >= 4 is 38.7 Å². The van der Waals surface area contributed by atoms with Crippen LogP contribution in [0.3, 0.4) is 0 Å². The molecule has 0 radical (unpaired) electrons. The second-order valence-electron chi connectivity index (χ2n) is 4.29. The van der Waals surface area contributed by atoms with Crippen molar-refractivity contribution in [2.45, 2.75) is 11.1 Å². The molecule has 0 atom stereocenters. The van der Waals surface area contributed by atoms with Crippen molar-refractivity contribution in [3.63, 3.8) is 0 Å². The molecular weight excluding hydrogens is 312 g/mol. The van der Waals surface area contributed by atoms with E-state index in [2.05, 4.69) is 5.32 Å². The lowest BCUT2D eigenvalue weighted by Crippen LogP contribution is -2.12. The fraction of sp³-hybridized carbons (Fsp3) is 0.0769. The Hall–Kier alpha value is -2.03. The van der Waals surface area contributed by atoms with Crippen LogP contribution in [-0.4, -0.2) is 20.1 Å². The number of benzene rings is 1. The molecule has 1 heterocycles. The quantitative estimate of drug-likeness (QED) is 0.837. The lowest BCUT2D eigenvalue weighted by molar-refractivity contribution is 0.101. The SMILES string of the molecule is CC(=O)c1cccc(NC(=O)c2csc(S(N)(=O)=O)c2)c1. The Morgan fingerprint density at radius 2 is 1.90 bits per heavy atom. The van der Waals surface area contributed by atoms with Crippen LogP contribution in [0.1, 0.15) is 27.6 Å². The number of rotatable bonds is 4. The van der Waals surface area contributed by atoms with Gasteiger partial charge in [0.15, 0.2) is 5.78 Å². The molecule has 3 N–H and O–H groups in total. The molecule has 0 saturated heterocycles. The Labute approximate surface area is 125 Å². The average Bonchev–Trinajstić information content (AvgIpc) is 2.88. The van der Waals surface area contributed by atoms with Crippen LogP contribution in [-0.2, 0) is 10.0 Å². The number of anilines is 1. The number of hydrogen-bond acceptors (Lipinski definition) is 5. The minimum atomic E-state index is -3.81. The average molecular weight is 324 g/mol. The maximum absolute atomic E-state index is 12.0. The van der Waals surface area contributed by atoms with Gasteiger partial charge in [-0.3, -0.25) is 9.59 Å². The number of nitrogens with one attached hydrogen (secondary N) is 1. The first-order valence-corrected chi connectivity index (χ1v) is 8.23. The molecule has 0 bridgehead atoms. The summed E-state index contributed by atoms with van der Waals surface area (Å²) in [5, 5.41) is 8.99. The molecule has 0 saturated carbocycles. The standard InChI is InChI=1S/C13H12N2O4S2/c1-8(16)9-3-2-4-11(5-9)15-13(17)10-6-12(20-7-10)21(14,18)19/h2-7H,1H3,(H,15,17)(H2,14,18,19). The Morgan fingerprint density at radius 1 is 1.19 bits per heavy atom. The van der Waals surface area contributed by atoms with Crippen LogP contribution in [0.25, 0.3) is 0 Å². The lowest BCUT2D eigenvalue weighted by Gasteiger charge is -2.05. The Kier molecular flexibility index (Phi) is 4.21. The van der Waals surface area contributed by atoms with Gasteiger partial charge in [0.05, 0.1) is 5.56 Å². The predicted molar refractivity (Wildman–Crippen MR) is 80.1 cm³/mol. The van der Waals surface area contributed by atoms with Crippen molar-refractivity contribution in [2.24, 2.45) is 5.14 Å². The predicted octanol–water partition coefficient (Wildman–Crippen LogP) is 1.85. The minimum Gasteiger partial charge on any atom is -0.322 e. The van der Waals surface area contributed by atoms with E-state index in [4.69, 9.17) is 5.14 Å². The van der Waals surface area contributed by atoms with Crippen LogP contribution in [0.15, 0.2) is 39.9 Å². The summed E-state index contributed by atoms with van der Waals surface area (Å²) in [5.41, 5.74) is 1.12. The van der Waals surface area contributed by atoms with Gasteiger partial charge in [-0.15, -0.1) is 11.3 Å². The first-order valence-electron chi connectivity index (χ1n) is 5.81. The lowest BCUT2D eigenvalue weighted by atomic mass is 10.1. The summed E-state index contributed by atoms with van der Waals surface area (Å²) in [6.45, 7) is 1.43. The number of thiophene rings is 1. The molecule has 8 heteroatoms. The van der Waals surface area contributed by atoms with Crippen molar-refractivity contribution in [1.29, 1.82) is 0 Å². The van der Waals surface area contributed by atoms with E-state index in [1.165, 1.54) is 18.4 Å². The molecule has 0 aliphatic carbocycles. The molecule has 1 aromatic heterocycles. The Bertz CT molecular complexity index is 809. The number of carbonyl (C=O) groups excluding carboxylic acids is 2. The number of ketones is 1. The van der Waals surface area contributed by atoms with E-state index in [1.54, 1.807) is 24.3 Å². The van der Waals surface area contributed by atoms with Crippen molar-refractivity contribution in [3.05, 3.63) is 46.8 Å². The topological polar surface area (TPSA) is 106 Å². The van der Waals surface area contributed by atoms with E-state index in [0.717, 1.165) is 11.3 Å². The van der Waals surface area contributed by atoms with E-state index < -0.39 is 15.9 Å². The van der Waals surface area contributed by atoms with Crippen LogP contribution in [0, 0.1) is 0 Å². The number of carbonyl (C=O) groups is 2. The van der Waals surface area contributed by atoms with Crippen molar-refractivity contribution in [2.75, 3.05) is 5.32 Å². The number of Topliss-reactive ketones (excluding diaryl/α,β-unsaturated/α-hetero) is 1. The summed E-state index contributed by atoms with van der Waals surface area (Å²) in [6, 6.07) is 7.69. The summed E-state index contributed by atoms with van der Waals surface area (Å²) in [7, 11) is -3.81. The van der Waals surface area contributed by atoms with Gasteiger partial charge in [-0.05, 0) is 25.1 Å². The molecule has 2 aromatic rings. The van der Waals surface area contributed by atoms with Crippen molar-refractivity contribution in [1.82, 2.24) is 0 Å². The Balaban J connectivity index is 2.20. The van der Waals surface area contributed by atoms with Crippen LogP contribution in [0.4, 0.5) is 5.69 Å². The van der Waals surface area contributed by atoms with Crippen LogP contribution in [0.5, 0.6) is 0 Å². The first-order chi connectivity index (χ1) is 9.77. The van der Waals surface area contributed by atoms with E-state index in [1.807, 2.05) is 0 Å². The molecule has 0 aliphatic rings. The number of amides is 1. The second kappa shape index (κ2) is 5.76. The second-order valence-corrected chi connectivity index (χ2v) is 6.99. The highest BCUT2D eigenvalue weighted by atomic mass is 32.2. The van der Waals surface area contributed by atoms with Crippen molar-refractivity contribution < 1.29 is 18.0 Å². The first kappa shape index (κ1) is 15.4. The largest absolute Gasteiger partial charge is 0.322 e. The van der Waals surface area contributed by atoms with E-state index >= 15 is 0 Å². The molecule has 21 heavy (non-hydrogen) atoms. The van der Waals surface area contributed by atoms with Gasteiger partial charge in [-0.2, -0.15) is 0 Å². The van der Waals surface area contributed by atoms with Crippen molar-refractivity contribution in [3.8, 4) is 0 Å². The molecule has 2 rings (SSSR count). The van der Waals surface area contributed by atoms with Crippen LogP contribution < -0.4 is 10.5 Å². The highest BCUT2D eigenvalue weighted by Gasteiger charge is 2.15. The Morgan fingerprint density at radius 3 is 2.48 bits per heavy atom. The fourth-order valence-electron chi connectivity index (χ4n) is 1.60. The summed E-state index contributed by atoms with van der Waals surface area (Å²) in [4.78, 5) is 23.3. The molecule has 1 amide bonds. The zero-order chi connectivity index (χ0) is 15.6. The highest BCUT2D eigenvalue weighted by molar-refractivity contribution is 7.91. The molecule has 1 aromatic carbocycles. The third-order valence-corrected chi connectivity index (χ3v) is 5.03. The fourth-order valence-corrected chi connectivity index (χ4v) is 3.19. The van der Waals surface area contributed by atoms with Gasteiger partial charge in [-0.25, -0.2) is 13.6 Å². The van der Waals surface area contributed by atoms with Gasteiger partial charge in [-0.1, -0.05) is 12.1 Å². The van der Waals surface area contributed by atoms with Gasteiger partial charge in [0.2, 0.25) is 10.0 Å². The maximum Gasteiger partial charge on any atom is 0.256 e. The van der Waals surface area contributed by atoms with Gasteiger partial charge in [0.1, 0.15) is 4.21 Å². The zero-order valence-electron chi connectivity index (χ0n) is 11.0. The third kappa shape index (κ3) is 3.75. The summed E-state index contributed by atoms with van der Waals surface area (Å²) in [5.74, 6) is -0.583. The number of primary sulfonamides is 1. The number of hydrogen-bond donors (Lipinski definition) is 2. The number of sulfonamides is 1. The van der Waals surface area contributed by atoms with Gasteiger partial charge < -0.3 is 5.32 Å². The molecule has 110 valence electrons. The number of nitrogens with two attached hydrogens (primary N) is 1. The van der Waals surface area contributed by atoms with E-state index in [0.29, 0.717) is 11.3 Å². The molecule has 6 nitrogen and oxygen atoms in total. The van der Waals surface area contributed by atoms with E-state index in [-0.39, 0.29) is 15.6 Å². The smallest absolute Gasteiger partial charge is 0.256 e. The van der Waals surface area contributed by atoms with E-state index in [9.17, 15) is 18.0 Å². The normalized spacial score (nSPS) is 11.1. The highest BCUT2D eigenvalue weighted by Crippen LogP contribution is 2.20. The molecule has 0 spiro atoms. The van der Waals surface area contributed by atoms with Crippen LogP contribution >= 0.6 is 11.3 Å². The summed E-state index contributed by atoms with van der Waals surface area (Å²) in [6.07, 6.45) is 0. The minimum absolute atomic E-state index is 0.0786. The molecular formula is C13H12N2O4S2.